The zero-order valence-electron chi connectivity index (χ0n) is 12.5. The topological polar surface area (TPSA) is 24.5 Å². The summed E-state index contributed by atoms with van der Waals surface area (Å²) in [6.07, 6.45) is 6.46. The summed E-state index contributed by atoms with van der Waals surface area (Å²) in [5.41, 5.74) is 1.23. The van der Waals surface area contributed by atoms with E-state index in [9.17, 15) is 0 Å². The van der Waals surface area contributed by atoms with E-state index in [1.807, 2.05) is 0 Å². The molecule has 2 fully saturated rings. The minimum Gasteiger partial charge on any atom is -0.494 e. The number of ether oxygens (including phenoxy) is 1. The predicted octanol–water partition coefficient (Wildman–Crippen LogP) is 3.51. The van der Waals surface area contributed by atoms with Gasteiger partial charge in [-0.3, -0.25) is 4.90 Å². The van der Waals surface area contributed by atoms with Crippen molar-refractivity contribution >= 4 is 5.69 Å². The first-order chi connectivity index (χ1) is 9.86. The van der Waals surface area contributed by atoms with Crippen molar-refractivity contribution in [1.29, 1.82) is 0 Å². The molecule has 2 saturated heterocycles. The van der Waals surface area contributed by atoms with Crippen molar-refractivity contribution < 1.29 is 4.74 Å². The Bertz CT molecular complexity index is 418. The monoisotopic (exact) mass is 274 g/mol. The van der Waals surface area contributed by atoms with Gasteiger partial charge in [0.15, 0.2) is 0 Å². The molecule has 2 aliphatic rings. The molecule has 1 aromatic carbocycles. The molecule has 0 radical (unpaired) electrons. The van der Waals surface area contributed by atoms with Crippen LogP contribution < -0.4 is 10.1 Å². The Kier molecular flexibility index (Phi) is 4.46. The first-order valence-corrected chi connectivity index (χ1v) is 8.10. The Morgan fingerprint density at radius 3 is 2.80 bits per heavy atom. The Balaban J connectivity index is 1.57. The third kappa shape index (κ3) is 3.09. The van der Waals surface area contributed by atoms with Crippen LogP contribution in [0.15, 0.2) is 24.3 Å². The van der Waals surface area contributed by atoms with E-state index in [1.165, 1.54) is 44.5 Å². The van der Waals surface area contributed by atoms with Crippen LogP contribution in [0.2, 0.25) is 0 Å². The van der Waals surface area contributed by atoms with E-state index in [0.29, 0.717) is 6.04 Å². The van der Waals surface area contributed by atoms with Crippen molar-refractivity contribution in [3.63, 3.8) is 0 Å². The van der Waals surface area contributed by atoms with E-state index in [4.69, 9.17) is 4.74 Å². The fourth-order valence-electron chi connectivity index (χ4n) is 3.50. The van der Waals surface area contributed by atoms with Crippen LogP contribution in [0.1, 0.15) is 39.0 Å². The van der Waals surface area contributed by atoms with Crippen LogP contribution >= 0.6 is 0 Å². The van der Waals surface area contributed by atoms with Crippen LogP contribution in [-0.2, 0) is 0 Å². The molecular formula is C17H26N2O. The minimum atomic E-state index is 0.623. The van der Waals surface area contributed by atoms with Crippen molar-refractivity contribution in [1.82, 2.24) is 4.90 Å². The Labute approximate surface area is 122 Å². The number of hydrogen-bond acceptors (Lipinski definition) is 3. The maximum atomic E-state index is 5.63. The number of anilines is 1. The number of rotatable bonds is 5. The lowest BCUT2D eigenvalue weighted by atomic mass is 9.99. The van der Waals surface area contributed by atoms with Gasteiger partial charge < -0.3 is 10.1 Å². The van der Waals surface area contributed by atoms with E-state index in [1.54, 1.807) is 0 Å². The second-order valence-corrected chi connectivity index (χ2v) is 6.01. The summed E-state index contributed by atoms with van der Waals surface area (Å²) in [7, 11) is 0. The highest BCUT2D eigenvalue weighted by Crippen LogP contribution is 2.29. The van der Waals surface area contributed by atoms with Crippen LogP contribution in [0.3, 0.4) is 0 Å². The average molecular weight is 274 g/mol. The maximum absolute atomic E-state index is 5.63. The molecule has 110 valence electrons. The molecule has 2 atom stereocenters. The van der Waals surface area contributed by atoms with Crippen LogP contribution in [-0.4, -0.2) is 36.7 Å². The quantitative estimate of drug-likeness (QED) is 0.889. The minimum absolute atomic E-state index is 0.623. The molecule has 3 heteroatoms. The molecule has 0 amide bonds. The molecule has 2 aliphatic heterocycles. The van der Waals surface area contributed by atoms with Gasteiger partial charge in [0.1, 0.15) is 5.75 Å². The molecule has 2 unspecified atom stereocenters. The van der Waals surface area contributed by atoms with E-state index < -0.39 is 0 Å². The Morgan fingerprint density at radius 1 is 1.15 bits per heavy atom. The van der Waals surface area contributed by atoms with Crippen LogP contribution in [0.25, 0.3) is 0 Å². The van der Waals surface area contributed by atoms with Crippen LogP contribution in [0.5, 0.6) is 5.75 Å². The summed E-state index contributed by atoms with van der Waals surface area (Å²) in [6, 6.07) is 9.82. The fraction of sp³-hybridized carbons (Fsp3) is 0.647. The summed E-state index contributed by atoms with van der Waals surface area (Å²) in [5, 5.41) is 3.73. The van der Waals surface area contributed by atoms with Gasteiger partial charge >= 0.3 is 0 Å². The molecule has 0 aliphatic carbocycles. The van der Waals surface area contributed by atoms with Crippen molar-refractivity contribution in [3.05, 3.63) is 24.3 Å². The van der Waals surface area contributed by atoms with Gasteiger partial charge in [-0.2, -0.15) is 0 Å². The first-order valence-electron chi connectivity index (χ1n) is 8.10. The third-order valence-corrected chi connectivity index (χ3v) is 4.54. The molecule has 1 N–H and O–H groups in total. The highest BCUT2D eigenvalue weighted by molar-refractivity contribution is 5.47. The van der Waals surface area contributed by atoms with E-state index in [2.05, 4.69) is 41.4 Å². The fourth-order valence-corrected chi connectivity index (χ4v) is 3.50. The van der Waals surface area contributed by atoms with Crippen molar-refractivity contribution in [2.45, 2.75) is 51.1 Å². The summed E-state index contributed by atoms with van der Waals surface area (Å²) < 4.78 is 5.63. The lowest BCUT2D eigenvalue weighted by molar-refractivity contribution is 0.193. The summed E-state index contributed by atoms with van der Waals surface area (Å²) in [4.78, 5) is 2.67. The highest BCUT2D eigenvalue weighted by Gasteiger charge is 2.35. The number of benzene rings is 1. The molecule has 0 aromatic heterocycles. The molecule has 3 rings (SSSR count). The van der Waals surface area contributed by atoms with Gasteiger partial charge in [-0.25, -0.2) is 0 Å². The van der Waals surface area contributed by atoms with E-state index in [0.717, 1.165) is 24.8 Å². The lowest BCUT2D eigenvalue weighted by Gasteiger charge is -2.33. The normalized spacial score (nSPS) is 26.2. The van der Waals surface area contributed by atoms with Crippen molar-refractivity contribution in [2.24, 2.45) is 0 Å². The maximum Gasteiger partial charge on any atom is 0.119 e. The van der Waals surface area contributed by atoms with Gasteiger partial charge in [0.05, 0.1) is 6.61 Å². The first kappa shape index (κ1) is 13.7. The molecule has 3 nitrogen and oxygen atoms in total. The van der Waals surface area contributed by atoms with Gasteiger partial charge in [0.2, 0.25) is 0 Å². The molecule has 0 saturated carbocycles. The molecule has 1 aromatic rings. The number of piperidine rings is 1. The number of nitrogens with one attached hydrogen (secondary N) is 1. The SMILES string of the molecule is CCCOc1ccc(NC2CCN3CCCCC23)cc1. The Morgan fingerprint density at radius 2 is 2.00 bits per heavy atom. The van der Waals surface area contributed by atoms with Gasteiger partial charge in [-0.1, -0.05) is 13.3 Å². The zero-order valence-corrected chi connectivity index (χ0v) is 12.5. The number of hydrogen-bond donors (Lipinski definition) is 1. The average Bonchev–Trinajstić information content (AvgIpc) is 2.90. The van der Waals surface area contributed by atoms with E-state index >= 15 is 0 Å². The predicted molar refractivity (Wildman–Crippen MR) is 83.5 cm³/mol. The number of fused-ring (bicyclic) bond motifs is 1. The highest BCUT2D eigenvalue weighted by atomic mass is 16.5. The second kappa shape index (κ2) is 6.49. The largest absolute Gasteiger partial charge is 0.494 e. The summed E-state index contributed by atoms with van der Waals surface area (Å²) in [5.74, 6) is 0.975. The second-order valence-electron chi connectivity index (χ2n) is 6.01. The summed E-state index contributed by atoms with van der Waals surface area (Å²) >= 11 is 0. The van der Waals surface area contributed by atoms with Gasteiger partial charge in [-0.15, -0.1) is 0 Å². The molecule has 2 heterocycles. The van der Waals surface area contributed by atoms with Crippen molar-refractivity contribution in [2.75, 3.05) is 25.0 Å². The zero-order chi connectivity index (χ0) is 13.8. The smallest absolute Gasteiger partial charge is 0.119 e. The lowest BCUT2D eigenvalue weighted by Crippen LogP contribution is -2.41. The molecule has 0 spiro atoms. The van der Waals surface area contributed by atoms with Crippen molar-refractivity contribution in [3.8, 4) is 5.75 Å². The molecule has 20 heavy (non-hydrogen) atoms. The molecular weight excluding hydrogens is 248 g/mol. The third-order valence-electron chi connectivity index (χ3n) is 4.54. The van der Waals surface area contributed by atoms with E-state index in [-0.39, 0.29) is 0 Å². The van der Waals surface area contributed by atoms with Gasteiger partial charge in [-0.05, 0) is 56.5 Å². The Hall–Kier alpha value is -1.22. The standard InChI is InChI=1S/C17H26N2O/c1-2-13-20-15-8-6-14(7-9-15)18-16-10-12-19-11-4-3-5-17(16)19/h6-9,16-18H,2-5,10-13H2,1H3. The van der Waals surface area contributed by atoms with Gasteiger partial charge in [0, 0.05) is 24.3 Å². The van der Waals surface area contributed by atoms with Crippen LogP contribution in [0, 0.1) is 0 Å². The number of nitrogens with zero attached hydrogens (tertiary/aromatic N) is 1. The summed E-state index contributed by atoms with van der Waals surface area (Å²) in [6.45, 7) is 5.49. The van der Waals surface area contributed by atoms with Crippen LogP contribution in [0.4, 0.5) is 5.69 Å². The molecule has 0 bridgehead atoms. The van der Waals surface area contributed by atoms with Gasteiger partial charge in [0.25, 0.3) is 0 Å².